The molecule has 0 amide bonds. The molecule has 0 aliphatic heterocycles. The molecule has 0 unspecified atom stereocenters. The molecule has 76 valence electrons. The van der Waals surface area contributed by atoms with Gasteiger partial charge in [-0.2, -0.15) is 4.98 Å². The van der Waals surface area contributed by atoms with Crippen LogP contribution in [0.4, 0.5) is 4.39 Å². The van der Waals surface area contributed by atoms with Crippen molar-refractivity contribution in [2.45, 2.75) is 0 Å². The molecule has 0 aliphatic rings. The van der Waals surface area contributed by atoms with Gasteiger partial charge in [-0.25, -0.2) is 4.39 Å². The first-order valence-corrected chi connectivity index (χ1v) is 4.38. The van der Waals surface area contributed by atoms with Gasteiger partial charge in [-0.15, -0.1) is 0 Å². The van der Waals surface area contributed by atoms with Crippen molar-refractivity contribution in [3.63, 3.8) is 0 Å². The Kier molecular flexibility index (Phi) is 2.73. The largest absolute Gasteiger partial charge is 0.436 e. The lowest BCUT2D eigenvalue weighted by atomic mass is 10.4. The molecule has 0 N–H and O–H groups in total. The molecule has 0 radical (unpaired) electrons. The molecular formula is C9H5ClFN3O. The Bertz CT molecular complexity index is 437. The number of hydrogen-bond donors (Lipinski definition) is 0. The summed E-state index contributed by atoms with van der Waals surface area (Å²) in [5, 5.41) is 0.205. The highest BCUT2D eigenvalue weighted by Crippen LogP contribution is 2.19. The van der Waals surface area contributed by atoms with Crippen LogP contribution in [-0.2, 0) is 0 Å². The predicted octanol–water partition coefficient (Wildman–Crippen LogP) is 2.46. The van der Waals surface area contributed by atoms with Crippen molar-refractivity contribution < 1.29 is 9.13 Å². The lowest BCUT2D eigenvalue weighted by Crippen LogP contribution is -1.90. The fraction of sp³-hybridized carbons (Fsp3) is 0. The maximum absolute atomic E-state index is 12.7. The summed E-state index contributed by atoms with van der Waals surface area (Å²) in [5.74, 6) is -0.0519. The van der Waals surface area contributed by atoms with Crippen LogP contribution in [0.25, 0.3) is 0 Å². The van der Waals surface area contributed by atoms with Crippen LogP contribution in [0.5, 0.6) is 11.6 Å². The van der Waals surface area contributed by atoms with Crippen LogP contribution in [0.3, 0.4) is 0 Å². The molecule has 0 saturated heterocycles. The monoisotopic (exact) mass is 225 g/mol. The minimum atomic E-state index is -0.484. The summed E-state index contributed by atoms with van der Waals surface area (Å²) in [5.41, 5.74) is 0. The molecule has 4 nitrogen and oxygen atoms in total. The Morgan fingerprint density at radius 1 is 1.13 bits per heavy atom. The highest BCUT2D eigenvalue weighted by Gasteiger charge is 2.01. The lowest BCUT2D eigenvalue weighted by molar-refractivity contribution is 0.452. The Morgan fingerprint density at radius 2 is 1.93 bits per heavy atom. The van der Waals surface area contributed by atoms with Gasteiger partial charge in [0.2, 0.25) is 5.88 Å². The number of pyridine rings is 1. The molecule has 2 aromatic heterocycles. The van der Waals surface area contributed by atoms with Crippen LogP contribution in [0.2, 0.25) is 5.15 Å². The molecule has 2 aromatic rings. The molecule has 15 heavy (non-hydrogen) atoms. The van der Waals surface area contributed by atoms with Gasteiger partial charge in [0.1, 0.15) is 5.82 Å². The van der Waals surface area contributed by atoms with Gasteiger partial charge < -0.3 is 4.74 Å². The lowest BCUT2D eigenvalue weighted by Gasteiger charge is -2.02. The number of rotatable bonds is 2. The number of nitrogens with zero attached hydrogens (tertiary/aromatic N) is 3. The minimum absolute atomic E-state index is 0.190. The van der Waals surface area contributed by atoms with Gasteiger partial charge in [0.05, 0.1) is 24.8 Å². The molecular weight excluding hydrogens is 221 g/mol. The third-order valence-electron chi connectivity index (χ3n) is 1.49. The van der Waals surface area contributed by atoms with E-state index in [0.717, 1.165) is 6.20 Å². The zero-order valence-electron chi connectivity index (χ0n) is 7.39. The maximum Gasteiger partial charge on any atom is 0.239 e. The number of aromatic nitrogens is 3. The van der Waals surface area contributed by atoms with Crippen LogP contribution in [0.1, 0.15) is 0 Å². The molecule has 2 rings (SSSR count). The molecule has 0 saturated carbocycles. The quantitative estimate of drug-likeness (QED) is 0.788. The van der Waals surface area contributed by atoms with E-state index in [1.54, 1.807) is 0 Å². The zero-order valence-corrected chi connectivity index (χ0v) is 8.15. The van der Waals surface area contributed by atoms with Crippen LogP contribution in [0.15, 0.2) is 30.9 Å². The van der Waals surface area contributed by atoms with Gasteiger partial charge in [0, 0.05) is 6.07 Å². The fourth-order valence-corrected chi connectivity index (χ4v) is 1.08. The normalized spacial score (nSPS) is 10.0. The molecule has 0 spiro atoms. The third-order valence-corrected chi connectivity index (χ3v) is 1.67. The fourth-order valence-electron chi connectivity index (χ4n) is 0.944. The van der Waals surface area contributed by atoms with Gasteiger partial charge in [-0.1, -0.05) is 11.6 Å². The first kappa shape index (κ1) is 9.79. The third kappa shape index (κ3) is 2.60. The maximum atomic E-state index is 12.7. The standard InChI is InChI=1S/C9H5ClFN3O/c10-8-4-13-5-9(14-8)15-7-1-6(11)2-12-3-7/h1-5H. The number of halogens is 2. The molecule has 0 fully saturated rings. The van der Waals surface area contributed by atoms with Gasteiger partial charge in [-0.05, 0) is 0 Å². The predicted molar refractivity (Wildman–Crippen MR) is 51.3 cm³/mol. The van der Waals surface area contributed by atoms with Crippen LogP contribution >= 0.6 is 11.6 Å². The van der Waals surface area contributed by atoms with Crippen molar-refractivity contribution >= 4 is 11.6 Å². The summed E-state index contributed by atoms with van der Waals surface area (Å²) in [6.45, 7) is 0. The Morgan fingerprint density at radius 3 is 2.67 bits per heavy atom. The number of hydrogen-bond acceptors (Lipinski definition) is 4. The summed E-state index contributed by atoms with van der Waals surface area (Å²) >= 11 is 5.60. The van der Waals surface area contributed by atoms with E-state index in [0.29, 0.717) is 0 Å². The van der Waals surface area contributed by atoms with Gasteiger partial charge in [-0.3, -0.25) is 9.97 Å². The van der Waals surface area contributed by atoms with Crippen LogP contribution in [0, 0.1) is 5.82 Å². The van der Waals surface area contributed by atoms with E-state index in [1.807, 2.05) is 0 Å². The van der Waals surface area contributed by atoms with E-state index in [9.17, 15) is 4.39 Å². The molecule has 6 heteroatoms. The van der Waals surface area contributed by atoms with E-state index in [1.165, 1.54) is 24.7 Å². The first-order chi connectivity index (χ1) is 7.24. The van der Waals surface area contributed by atoms with Crippen molar-refractivity contribution in [2.75, 3.05) is 0 Å². The zero-order chi connectivity index (χ0) is 10.7. The summed E-state index contributed by atoms with van der Waals surface area (Å²) in [7, 11) is 0. The topological polar surface area (TPSA) is 47.9 Å². The SMILES string of the molecule is Fc1cncc(Oc2cncc(Cl)n2)c1. The Labute approximate surface area is 89.7 Å². The van der Waals surface area contributed by atoms with Gasteiger partial charge in [0.25, 0.3) is 0 Å². The van der Waals surface area contributed by atoms with Crippen molar-refractivity contribution in [1.29, 1.82) is 0 Å². The molecule has 0 aliphatic carbocycles. The summed E-state index contributed by atoms with van der Waals surface area (Å²) in [6, 6.07) is 1.19. The van der Waals surface area contributed by atoms with Crippen LogP contribution < -0.4 is 4.74 Å². The van der Waals surface area contributed by atoms with Gasteiger partial charge >= 0.3 is 0 Å². The second-order valence-corrected chi connectivity index (χ2v) is 3.01. The van der Waals surface area contributed by atoms with Crippen molar-refractivity contribution in [3.05, 3.63) is 41.8 Å². The van der Waals surface area contributed by atoms with Crippen molar-refractivity contribution in [1.82, 2.24) is 15.0 Å². The Hall–Kier alpha value is -1.75. The second kappa shape index (κ2) is 4.18. The summed E-state index contributed by atoms with van der Waals surface area (Å²) < 4.78 is 17.9. The summed E-state index contributed by atoms with van der Waals surface area (Å²) in [6.07, 6.45) is 5.19. The molecule has 0 bridgehead atoms. The van der Waals surface area contributed by atoms with E-state index in [2.05, 4.69) is 15.0 Å². The van der Waals surface area contributed by atoms with Crippen molar-refractivity contribution in [3.8, 4) is 11.6 Å². The van der Waals surface area contributed by atoms with Crippen LogP contribution in [-0.4, -0.2) is 15.0 Å². The molecule has 0 aromatic carbocycles. The minimum Gasteiger partial charge on any atom is -0.436 e. The molecule has 0 atom stereocenters. The highest BCUT2D eigenvalue weighted by atomic mass is 35.5. The smallest absolute Gasteiger partial charge is 0.239 e. The van der Waals surface area contributed by atoms with E-state index in [4.69, 9.17) is 16.3 Å². The van der Waals surface area contributed by atoms with E-state index < -0.39 is 5.82 Å². The number of ether oxygens (including phenoxy) is 1. The second-order valence-electron chi connectivity index (χ2n) is 2.62. The average molecular weight is 226 g/mol. The van der Waals surface area contributed by atoms with Crippen molar-refractivity contribution in [2.24, 2.45) is 0 Å². The summed E-state index contributed by atoms with van der Waals surface area (Å²) in [4.78, 5) is 11.2. The Balaban J connectivity index is 2.22. The van der Waals surface area contributed by atoms with E-state index in [-0.39, 0.29) is 16.8 Å². The average Bonchev–Trinajstić information content (AvgIpc) is 2.17. The first-order valence-electron chi connectivity index (χ1n) is 4.00. The highest BCUT2D eigenvalue weighted by molar-refractivity contribution is 6.29. The van der Waals surface area contributed by atoms with E-state index >= 15 is 0 Å². The van der Waals surface area contributed by atoms with Gasteiger partial charge in [0.15, 0.2) is 10.9 Å². The molecule has 2 heterocycles.